The lowest BCUT2D eigenvalue weighted by atomic mass is 9.96. The lowest BCUT2D eigenvalue weighted by Crippen LogP contribution is -2.66. The van der Waals surface area contributed by atoms with E-state index in [1.807, 2.05) is 6.08 Å². The standard InChI is InChI=1S/C77H131NO18/c1-3-5-7-9-11-13-15-17-19-20-21-22-23-24-25-26-27-28-29-30-31-32-33-34-35-36-37-38-39-40-41-43-45-47-49-51-53-55-65(83)78-60(61(82)54-52-50-48-46-44-42-18-16-14-12-10-8-6-4-2)59-91-75-71(89)68(86)73(63(57-80)93-75)96-77-72(90)69(87)74(64(58-81)94-77)95-76-70(88)67(85)66(84)62(56-79)92-76/h5,7,11,13-14,16-17,19,21-22,24-25,27-28,44,46,52,54,60-64,66-77,79-82,84-90H,3-4,6,8-10,12,15,18,20,23,26,29-43,45,47-51,53,55-59H2,1-2H3,(H,78,83)/b7-5-,13-11-,16-14+,19-17-,22-21-,25-24-,28-27-,46-44+,54-52+. The fourth-order valence-electron chi connectivity index (χ4n) is 11.8. The van der Waals surface area contributed by atoms with Crippen molar-refractivity contribution in [2.45, 2.75) is 343 Å². The first-order chi connectivity index (χ1) is 46.8. The van der Waals surface area contributed by atoms with Crippen LogP contribution in [0.2, 0.25) is 0 Å². The van der Waals surface area contributed by atoms with Gasteiger partial charge in [-0.05, 0) is 96.3 Å². The fraction of sp³-hybridized carbons (Fsp3) is 0.753. The number of carbonyl (C=O) groups is 1. The fourth-order valence-corrected chi connectivity index (χ4v) is 11.8. The van der Waals surface area contributed by atoms with Crippen LogP contribution in [0.1, 0.15) is 239 Å². The molecule has 0 spiro atoms. The molecule has 552 valence electrons. The molecule has 0 aromatic rings. The Labute approximate surface area is 576 Å². The Kier molecular flexibility index (Phi) is 51.6. The monoisotopic (exact) mass is 1360 g/mol. The van der Waals surface area contributed by atoms with E-state index >= 15 is 0 Å². The zero-order chi connectivity index (χ0) is 69.6. The van der Waals surface area contributed by atoms with E-state index in [-0.39, 0.29) is 18.9 Å². The molecule has 0 radical (unpaired) electrons. The molecule has 19 heteroatoms. The first-order valence-corrected chi connectivity index (χ1v) is 37.1. The van der Waals surface area contributed by atoms with Crippen LogP contribution in [0.3, 0.4) is 0 Å². The van der Waals surface area contributed by atoms with Crippen molar-refractivity contribution in [3.8, 4) is 0 Å². The summed E-state index contributed by atoms with van der Waals surface area (Å²) in [6, 6.07) is -1.00. The van der Waals surface area contributed by atoms with Gasteiger partial charge in [-0.1, -0.05) is 245 Å². The molecule has 3 heterocycles. The smallest absolute Gasteiger partial charge is 0.220 e. The molecule has 3 saturated heterocycles. The molecule has 3 rings (SSSR count). The first-order valence-electron chi connectivity index (χ1n) is 37.1. The van der Waals surface area contributed by atoms with Crippen LogP contribution in [0.25, 0.3) is 0 Å². The van der Waals surface area contributed by atoms with Crippen molar-refractivity contribution in [3.63, 3.8) is 0 Å². The molecule has 0 saturated carbocycles. The van der Waals surface area contributed by atoms with Gasteiger partial charge in [-0.3, -0.25) is 4.79 Å². The molecule has 96 heavy (non-hydrogen) atoms. The second-order valence-corrected chi connectivity index (χ2v) is 26.0. The summed E-state index contributed by atoms with van der Waals surface area (Å²) < 4.78 is 34.3. The molecule has 0 aliphatic carbocycles. The molecule has 0 aromatic heterocycles. The normalized spacial score (nSPS) is 27.7. The Morgan fingerprint density at radius 3 is 1.17 bits per heavy atom. The SMILES string of the molecule is CC/C=C\C/C=C\C/C=C\C/C=C\C/C=C\C/C=C\CCCCCCCCCCCCCCCCCCCCC(=O)NC(COC1OC(CO)C(OC2OC(CO)C(OC3OC(CO)C(O)C(O)C3O)C(O)C2O)C(O)C1O)C(O)/C=C/CC/C=C/CC/C=C/CCCCCC. The minimum Gasteiger partial charge on any atom is -0.394 e. The van der Waals surface area contributed by atoms with E-state index in [2.05, 4.69) is 116 Å². The van der Waals surface area contributed by atoms with E-state index in [1.165, 1.54) is 122 Å². The zero-order valence-electron chi connectivity index (χ0n) is 58.6. The molecule has 0 bridgehead atoms. The highest BCUT2D eigenvalue weighted by molar-refractivity contribution is 5.76. The summed E-state index contributed by atoms with van der Waals surface area (Å²) in [5, 5.41) is 120. The predicted molar refractivity (Wildman–Crippen MR) is 378 cm³/mol. The quantitative estimate of drug-likeness (QED) is 0.0199. The molecule has 17 unspecified atom stereocenters. The van der Waals surface area contributed by atoms with E-state index < -0.39 is 124 Å². The highest BCUT2D eigenvalue weighted by atomic mass is 16.8. The van der Waals surface area contributed by atoms with Crippen molar-refractivity contribution in [1.29, 1.82) is 0 Å². The summed E-state index contributed by atoms with van der Waals surface area (Å²) in [4.78, 5) is 13.4. The number of allylic oxidation sites excluding steroid dienone is 17. The Morgan fingerprint density at radius 2 is 0.729 bits per heavy atom. The molecule has 1 amide bonds. The number of rotatable bonds is 56. The van der Waals surface area contributed by atoms with E-state index in [0.29, 0.717) is 12.8 Å². The van der Waals surface area contributed by atoms with Crippen LogP contribution < -0.4 is 5.32 Å². The van der Waals surface area contributed by atoms with Crippen molar-refractivity contribution in [3.05, 3.63) is 109 Å². The van der Waals surface area contributed by atoms with Gasteiger partial charge in [0.2, 0.25) is 5.91 Å². The average Bonchev–Trinajstić information content (AvgIpc) is 0.787. The topological polar surface area (TPSA) is 307 Å². The number of hydrogen-bond donors (Lipinski definition) is 12. The molecule has 3 fully saturated rings. The van der Waals surface area contributed by atoms with E-state index in [4.69, 9.17) is 28.4 Å². The van der Waals surface area contributed by atoms with Crippen LogP contribution in [0, 0.1) is 0 Å². The summed E-state index contributed by atoms with van der Waals surface area (Å²) >= 11 is 0. The summed E-state index contributed by atoms with van der Waals surface area (Å²) in [7, 11) is 0. The highest BCUT2D eigenvalue weighted by Gasteiger charge is 2.53. The molecule has 3 aliphatic heterocycles. The summed E-state index contributed by atoms with van der Waals surface area (Å²) in [6.07, 6.45) is 50.9. The van der Waals surface area contributed by atoms with Gasteiger partial charge < -0.3 is 89.9 Å². The molecule has 19 nitrogen and oxygen atoms in total. The van der Waals surface area contributed by atoms with E-state index in [0.717, 1.165) is 83.5 Å². The maximum atomic E-state index is 13.4. The first kappa shape index (κ1) is 86.7. The Hall–Kier alpha value is -3.55. The van der Waals surface area contributed by atoms with Crippen molar-refractivity contribution in [2.24, 2.45) is 0 Å². The van der Waals surface area contributed by atoms with Gasteiger partial charge in [0.1, 0.15) is 73.2 Å². The van der Waals surface area contributed by atoms with E-state index in [9.17, 15) is 61.0 Å². The third kappa shape index (κ3) is 37.8. The number of carbonyl (C=O) groups excluding carboxylic acids is 1. The van der Waals surface area contributed by atoms with Crippen LogP contribution in [-0.4, -0.2) is 193 Å². The maximum Gasteiger partial charge on any atom is 0.220 e. The number of nitrogens with one attached hydrogen (secondary N) is 1. The average molecular weight is 1360 g/mol. The summed E-state index contributed by atoms with van der Waals surface area (Å²) in [6.45, 7) is 1.56. The van der Waals surface area contributed by atoms with Crippen LogP contribution in [0.15, 0.2) is 109 Å². The minimum atomic E-state index is -1.99. The molecule has 17 atom stereocenters. The third-order valence-electron chi connectivity index (χ3n) is 17.8. The number of ether oxygens (including phenoxy) is 6. The van der Waals surface area contributed by atoms with Crippen molar-refractivity contribution < 1.29 is 89.4 Å². The Bertz CT molecular complexity index is 2160. The van der Waals surface area contributed by atoms with Crippen molar-refractivity contribution in [2.75, 3.05) is 26.4 Å². The third-order valence-corrected chi connectivity index (χ3v) is 17.8. The predicted octanol–water partition coefficient (Wildman–Crippen LogP) is 11.0. The van der Waals surface area contributed by atoms with Gasteiger partial charge in [-0.2, -0.15) is 0 Å². The number of amides is 1. The van der Waals surface area contributed by atoms with E-state index in [1.54, 1.807) is 6.08 Å². The second-order valence-electron chi connectivity index (χ2n) is 26.0. The zero-order valence-corrected chi connectivity index (χ0v) is 58.6. The molecule has 0 aromatic carbocycles. The van der Waals surface area contributed by atoms with Crippen LogP contribution in [-0.2, 0) is 33.2 Å². The van der Waals surface area contributed by atoms with Gasteiger partial charge >= 0.3 is 0 Å². The van der Waals surface area contributed by atoms with Crippen molar-refractivity contribution in [1.82, 2.24) is 5.32 Å². The highest BCUT2D eigenvalue weighted by Crippen LogP contribution is 2.33. The molecular weight excluding hydrogens is 1230 g/mol. The number of unbranched alkanes of at least 4 members (excludes halogenated alkanes) is 24. The Morgan fingerprint density at radius 1 is 0.385 bits per heavy atom. The summed E-state index contributed by atoms with van der Waals surface area (Å²) in [5.74, 6) is -0.292. The van der Waals surface area contributed by atoms with Gasteiger partial charge in [-0.15, -0.1) is 0 Å². The maximum absolute atomic E-state index is 13.4. The molecule has 12 N–H and O–H groups in total. The number of aliphatic hydroxyl groups is 11. The Balaban J connectivity index is 1.33. The molecular formula is C77H131NO18. The van der Waals surface area contributed by atoms with Gasteiger partial charge in [0.25, 0.3) is 0 Å². The van der Waals surface area contributed by atoms with Crippen LogP contribution in [0.5, 0.6) is 0 Å². The molecule has 3 aliphatic rings. The van der Waals surface area contributed by atoms with Gasteiger partial charge in [0.15, 0.2) is 18.9 Å². The number of aliphatic hydroxyl groups excluding tert-OH is 11. The number of hydrogen-bond acceptors (Lipinski definition) is 18. The van der Waals surface area contributed by atoms with Gasteiger partial charge in [-0.25, -0.2) is 0 Å². The minimum absolute atomic E-state index is 0.228. The lowest BCUT2D eigenvalue weighted by Gasteiger charge is -2.48. The van der Waals surface area contributed by atoms with Crippen LogP contribution in [0.4, 0.5) is 0 Å². The van der Waals surface area contributed by atoms with Gasteiger partial charge in [0.05, 0.1) is 38.6 Å². The van der Waals surface area contributed by atoms with Crippen LogP contribution >= 0.6 is 0 Å². The van der Waals surface area contributed by atoms with Gasteiger partial charge in [0, 0.05) is 6.42 Å². The van der Waals surface area contributed by atoms with Crippen molar-refractivity contribution >= 4 is 5.91 Å². The largest absolute Gasteiger partial charge is 0.394 e. The second kappa shape index (κ2) is 57.1. The lowest BCUT2D eigenvalue weighted by molar-refractivity contribution is -0.379. The summed E-state index contributed by atoms with van der Waals surface area (Å²) in [5.41, 5.74) is 0.